The Labute approximate surface area is 199 Å². The lowest BCUT2D eigenvalue weighted by Crippen LogP contribution is -2.36. The highest BCUT2D eigenvalue weighted by atomic mass is 79.9. The molecule has 188 valence electrons. The van der Waals surface area contributed by atoms with Crippen LogP contribution in [0.4, 0.5) is 5.82 Å². The number of aliphatic hydroxyl groups excluding tert-OH is 2. The molecule has 34 heavy (non-hydrogen) atoms. The zero-order valence-electron chi connectivity index (χ0n) is 16.9. The molecule has 1 aromatic carbocycles. The van der Waals surface area contributed by atoms with E-state index in [2.05, 4.69) is 35.2 Å². The molecule has 1 fully saturated rings. The predicted molar refractivity (Wildman–Crippen MR) is 116 cm³/mol. The number of phosphoric ester groups is 1. The normalized spacial score (nSPS) is 24.6. The Bertz CT molecular complexity index is 1140. The molecule has 0 bridgehead atoms. The zero-order chi connectivity index (χ0) is 25.1. The number of hydrogen-bond donors (Lipinski definition) is 6. The lowest BCUT2D eigenvalue weighted by molar-refractivity contribution is -0.0541. The average molecular weight is 588 g/mol. The number of halogens is 1. The number of anilines is 1. The Morgan fingerprint density at radius 1 is 1.12 bits per heavy atom. The van der Waals surface area contributed by atoms with Crippen LogP contribution in [0.3, 0.4) is 0 Å². The van der Waals surface area contributed by atoms with E-state index in [0.29, 0.717) is 0 Å². The minimum absolute atomic E-state index is 0.0575. The molecular formula is C16H20BrN3O12P2. The maximum Gasteiger partial charge on any atom is 0.481 e. The number of aromatic nitrogens is 2. The molecule has 0 spiro atoms. The van der Waals surface area contributed by atoms with Crippen LogP contribution in [-0.2, 0) is 34.1 Å². The first-order chi connectivity index (χ1) is 15.8. The third-order valence-electron chi connectivity index (χ3n) is 4.38. The molecule has 0 radical (unpaired) electrons. The molecule has 2 aromatic rings. The number of hydrogen-bond acceptors (Lipinski definition) is 11. The summed E-state index contributed by atoms with van der Waals surface area (Å²) in [5.41, 5.74) is 2.48. The van der Waals surface area contributed by atoms with Gasteiger partial charge in [-0.15, -0.1) is 0 Å². The summed E-state index contributed by atoms with van der Waals surface area (Å²) in [7, 11) is -10.5. The fourth-order valence-corrected chi connectivity index (χ4v) is 4.72. The third kappa shape index (κ3) is 7.49. The van der Waals surface area contributed by atoms with E-state index in [1.807, 2.05) is 24.3 Å². The van der Waals surface area contributed by atoms with Crippen LogP contribution in [0.5, 0.6) is 0 Å². The number of benzene rings is 1. The summed E-state index contributed by atoms with van der Waals surface area (Å²) in [5.74, 6) is 0.0575. The predicted octanol–water partition coefficient (Wildman–Crippen LogP) is 0.395. The average Bonchev–Trinajstić information content (AvgIpc) is 3.01. The SMILES string of the molecule is O=c1nc(NOCc2ccc(Br)cc2)ccn1[C@@H]1O[C@H](COP(=O)(O)OP(=O)(O)O)[C@@H](O)[C@H]1O. The van der Waals surface area contributed by atoms with E-state index in [1.54, 1.807) is 0 Å². The zero-order valence-corrected chi connectivity index (χ0v) is 20.3. The highest BCUT2D eigenvalue weighted by Crippen LogP contribution is 2.57. The van der Waals surface area contributed by atoms with Gasteiger partial charge in [0.25, 0.3) is 0 Å². The summed E-state index contributed by atoms with van der Waals surface area (Å²) in [6, 6.07) is 8.67. The molecule has 6 N–H and O–H groups in total. The van der Waals surface area contributed by atoms with E-state index in [-0.39, 0.29) is 12.4 Å². The Hall–Kier alpha value is -1.52. The van der Waals surface area contributed by atoms with Crippen molar-refractivity contribution in [1.29, 1.82) is 0 Å². The smallest absolute Gasteiger partial charge is 0.387 e. The molecule has 3 rings (SSSR count). The molecule has 18 heteroatoms. The number of nitrogens with one attached hydrogen (secondary N) is 1. The fraction of sp³-hybridized carbons (Fsp3) is 0.375. The van der Waals surface area contributed by atoms with Crippen LogP contribution in [0, 0.1) is 0 Å². The van der Waals surface area contributed by atoms with Gasteiger partial charge >= 0.3 is 21.3 Å². The molecule has 5 atom stereocenters. The summed E-state index contributed by atoms with van der Waals surface area (Å²) in [6.45, 7) is -0.717. The van der Waals surface area contributed by atoms with Crippen molar-refractivity contribution < 1.29 is 52.4 Å². The van der Waals surface area contributed by atoms with Gasteiger partial charge in [0.05, 0.1) is 13.2 Å². The molecule has 15 nitrogen and oxygen atoms in total. The first-order valence-electron chi connectivity index (χ1n) is 9.32. The van der Waals surface area contributed by atoms with E-state index in [4.69, 9.17) is 19.4 Å². The summed E-state index contributed by atoms with van der Waals surface area (Å²) in [5, 5.41) is 20.3. The monoisotopic (exact) mass is 587 g/mol. The van der Waals surface area contributed by atoms with Crippen molar-refractivity contribution in [1.82, 2.24) is 9.55 Å². The van der Waals surface area contributed by atoms with Gasteiger partial charge < -0.3 is 29.6 Å². The second-order valence-electron chi connectivity index (χ2n) is 6.90. The molecule has 0 amide bonds. The molecule has 2 heterocycles. The number of ether oxygens (including phenoxy) is 1. The van der Waals surface area contributed by atoms with Gasteiger partial charge in [0.2, 0.25) is 0 Å². The van der Waals surface area contributed by atoms with Crippen LogP contribution < -0.4 is 11.2 Å². The van der Waals surface area contributed by atoms with E-state index >= 15 is 0 Å². The highest BCUT2D eigenvalue weighted by molar-refractivity contribution is 9.10. The topological polar surface area (TPSA) is 219 Å². The molecule has 1 aliphatic heterocycles. The van der Waals surface area contributed by atoms with Crippen LogP contribution in [0.15, 0.2) is 45.8 Å². The largest absolute Gasteiger partial charge is 0.481 e. The number of nitrogens with zero attached hydrogens (tertiary/aromatic N) is 2. The molecule has 0 saturated carbocycles. The van der Waals surface area contributed by atoms with Gasteiger partial charge in [-0.2, -0.15) is 9.29 Å². The molecule has 1 aromatic heterocycles. The maximum atomic E-state index is 12.4. The standard InChI is InChI=1S/C16H20BrN3O12P2/c17-10-3-1-9(2-4-10)7-29-19-12-5-6-20(16(23)18-12)15-14(22)13(21)11(31-15)8-30-34(27,28)32-33(24,25)26/h1-6,11,13-15,21-22H,7-8H2,(H,27,28)(H,18,19,23)(H2,24,25,26)/t11-,13-,14-,15-/m1/s1. The highest BCUT2D eigenvalue weighted by Gasteiger charge is 2.45. The van der Waals surface area contributed by atoms with Gasteiger partial charge in [-0.05, 0) is 23.8 Å². The molecule has 1 unspecified atom stereocenters. The van der Waals surface area contributed by atoms with Crippen molar-refractivity contribution in [3.8, 4) is 0 Å². The van der Waals surface area contributed by atoms with Gasteiger partial charge in [-0.1, -0.05) is 28.1 Å². The molecule has 0 aliphatic carbocycles. The van der Waals surface area contributed by atoms with E-state index in [9.17, 15) is 29.0 Å². The van der Waals surface area contributed by atoms with Crippen LogP contribution in [-0.4, -0.2) is 59.4 Å². The minimum Gasteiger partial charge on any atom is -0.387 e. The Kier molecular flexibility index (Phi) is 8.79. The Balaban J connectivity index is 1.59. The summed E-state index contributed by atoms with van der Waals surface area (Å²) < 4.78 is 37.4. The first-order valence-corrected chi connectivity index (χ1v) is 13.1. The second kappa shape index (κ2) is 11.0. The van der Waals surface area contributed by atoms with Crippen LogP contribution in [0.2, 0.25) is 0 Å². The van der Waals surface area contributed by atoms with Crippen LogP contribution in [0.1, 0.15) is 11.8 Å². The number of phosphoric acid groups is 2. The van der Waals surface area contributed by atoms with Gasteiger partial charge in [-0.25, -0.2) is 19.4 Å². The number of rotatable bonds is 10. The van der Waals surface area contributed by atoms with Crippen molar-refractivity contribution in [3.05, 3.63) is 57.0 Å². The fourth-order valence-electron chi connectivity index (χ4n) is 2.86. The van der Waals surface area contributed by atoms with E-state index < -0.39 is 52.5 Å². The van der Waals surface area contributed by atoms with Crippen molar-refractivity contribution in [2.24, 2.45) is 0 Å². The lowest BCUT2D eigenvalue weighted by atomic mass is 10.1. The third-order valence-corrected chi connectivity index (χ3v) is 7.06. The van der Waals surface area contributed by atoms with Gasteiger partial charge in [0.15, 0.2) is 12.0 Å². The molecular weight excluding hydrogens is 568 g/mol. The van der Waals surface area contributed by atoms with E-state index in [0.717, 1.165) is 14.6 Å². The van der Waals surface area contributed by atoms with Crippen LogP contribution >= 0.6 is 31.6 Å². The lowest BCUT2D eigenvalue weighted by Gasteiger charge is -2.18. The van der Waals surface area contributed by atoms with Gasteiger partial charge in [0, 0.05) is 10.7 Å². The Morgan fingerprint density at radius 3 is 2.41 bits per heavy atom. The van der Waals surface area contributed by atoms with Gasteiger partial charge in [0.1, 0.15) is 18.3 Å². The van der Waals surface area contributed by atoms with Crippen LogP contribution in [0.25, 0.3) is 0 Å². The quantitative estimate of drug-likeness (QED) is 0.164. The maximum absolute atomic E-state index is 12.4. The Morgan fingerprint density at radius 2 is 1.79 bits per heavy atom. The first kappa shape index (κ1) is 27.1. The van der Waals surface area contributed by atoms with Crippen molar-refractivity contribution in [3.63, 3.8) is 0 Å². The summed E-state index contributed by atoms with van der Waals surface area (Å²) in [6.07, 6.45) is -5.03. The molecule has 1 saturated heterocycles. The van der Waals surface area contributed by atoms with Crippen molar-refractivity contribution in [2.45, 2.75) is 31.1 Å². The second-order valence-corrected chi connectivity index (χ2v) is 10.6. The minimum atomic E-state index is -5.34. The van der Waals surface area contributed by atoms with Crippen molar-refractivity contribution >= 4 is 37.4 Å². The summed E-state index contributed by atoms with van der Waals surface area (Å²) in [4.78, 5) is 47.9. The van der Waals surface area contributed by atoms with Gasteiger partial charge in [-0.3, -0.25) is 13.9 Å². The van der Waals surface area contributed by atoms with Crippen molar-refractivity contribution in [2.75, 3.05) is 12.1 Å². The number of aliphatic hydroxyl groups is 2. The van der Waals surface area contributed by atoms with E-state index in [1.165, 1.54) is 12.3 Å². The molecule has 1 aliphatic rings. The summed E-state index contributed by atoms with van der Waals surface area (Å²) >= 11 is 3.32.